The van der Waals surface area contributed by atoms with Crippen LogP contribution in [0.4, 0.5) is 5.69 Å². The number of para-hydroxylation sites is 1. The van der Waals surface area contributed by atoms with Gasteiger partial charge >= 0.3 is 0 Å². The quantitative estimate of drug-likeness (QED) is 0.573. The van der Waals surface area contributed by atoms with Crippen LogP contribution in [0.3, 0.4) is 0 Å². The minimum Gasteiger partial charge on any atom is -0.496 e. The number of methoxy groups -OCH3 is 1. The molecule has 0 aliphatic heterocycles. The van der Waals surface area contributed by atoms with E-state index < -0.39 is 0 Å². The van der Waals surface area contributed by atoms with Crippen LogP contribution >= 0.6 is 0 Å². The van der Waals surface area contributed by atoms with Gasteiger partial charge in [-0.25, -0.2) is 4.99 Å². The minimum atomic E-state index is -0.371. The highest BCUT2D eigenvalue weighted by Crippen LogP contribution is 2.27. The largest absolute Gasteiger partial charge is 0.496 e. The monoisotopic (exact) mass is 320 g/mol. The van der Waals surface area contributed by atoms with E-state index in [2.05, 4.69) is 15.3 Å². The van der Waals surface area contributed by atoms with Gasteiger partial charge in [-0.05, 0) is 30.3 Å². The number of fused-ring (bicyclic) bond motifs is 1. The molecule has 0 spiro atoms. The van der Waals surface area contributed by atoms with Crippen molar-refractivity contribution in [3.8, 4) is 5.75 Å². The third kappa shape index (κ3) is 3.17. The molecule has 2 aromatic carbocycles. The predicted octanol–water partition coefficient (Wildman–Crippen LogP) is 2.62. The Hall–Kier alpha value is -3.41. The first-order valence-electron chi connectivity index (χ1n) is 7.31. The summed E-state index contributed by atoms with van der Waals surface area (Å²) in [5.41, 5.74) is 7.58. The van der Waals surface area contributed by atoms with Crippen LogP contribution in [0.5, 0.6) is 5.75 Å². The molecule has 0 unspecified atom stereocenters. The van der Waals surface area contributed by atoms with Crippen molar-refractivity contribution in [2.24, 2.45) is 10.7 Å². The molecule has 0 saturated carbocycles. The number of benzene rings is 2. The van der Waals surface area contributed by atoms with E-state index in [0.717, 1.165) is 0 Å². The summed E-state index contributed by atoms with van der Waals surface area (Å²) in [6.45, 7) is 0. The molecule has 0 aliphatic rings. The molecule has 24 heavy (non-hydrogen) atoms. The summed E-state index contributed by atoms with van der Waals surface area (Å²) in [5.74, 6) is 0.222. The van der Waals surface area contributed by atoms with Gasteiger partial charge in [0.25, 0.3) is 5.91 Å². The van der Waals surface area contributed by atoms with Crippen LogP contribution in [-0.2, 0) is 0 Å². The Labute approximate surface area is 139 Å². The van der Waals surface area contributed by atoms with Crippen LogP contribution in [0, 0.1) is 0 Å². The number of hydrogen-bond acceptors (Lipinski definition) is 4. The minimum absolute atomic E-state index is 0.0195. The van der Waals surface area contributed by atoms with Crippen LogP contribution in [-0.4, -0.2) is 24.0 Å². The zero-order valence-electron chi connectivity index (χ0n) is 13.1. The summed E-state index contributed by atoms with van der Waals surface area (Å²) >= 11 is 0. The maximum Gasteiger partial charge on any atom is 0.258 e. The molecule has 1 heterocycles. The lowest BCUT2D eigenvalue weighted by atomic mass is 10.1. The second-order valence-corrected chi connectivity index (χ2v) is 5.00. The number of nitrogens with one attached hydrogen (secondary N) is 1. The van der Waals surface area contributed by atoms with Crippen molar-refractivity contribution >= 4 is 28.5 Å². The Morgan fingerprint density at radius 1 is 1.12 bits per heavy atom. The van der Waals surface area contributed by atoms with E-state index in [1.807, 2.05) is 30.3 Å². The number of nitrogens with two attached hydrogens (primary N) is 1. The molecule has 0 aliphatic carbocycles. The van der Waals surface area contributed by atoms with Crippen LogP contribution in [0.1, 0.15) is 10.4 Å². The predicted molar refractivity (Wildman–Crippen MR) is 93.5 cm³/mol. The molecule has 0 fully saturated rings. The molecule has 6 heteroatoms. The molecule has 1 amide bonds. The first-order chi connectivity index (χ1) is 11.7. The maximum absolute atomic E-state index is 12.6. The number of amides is 1. The number of pyridine rings is 1. The van der Waals surface area contributed by atoms with E-state index in [4.69, 9.17) is 10.5 Å². The van der Waals surface area contributed by atoms with E-state index in [-0.39, 0.29) is 11.9 Å². The zero-order chi connectivity index (χ0) is 16.9. The molecule has 0 saturated heterocycles. The zero-order valence-corrected chi connectivity index (χ0v) is 13.1. The van der Waals surface area contributed by atoms with E-state index in [0.29, 0.717) is 27.9 Å². The van der Waals surface area contributed by atoms with Crippen molar-refractivity contribution in [3.63, 3.8) is 0 Å². The normalized spacial score (nSPS) is 11.3. The van der Waals surface area contributed by atoms with Crippen molar-refractivity contribution < 1.29 is 9.53 Å². The van der Waals surface area contributed by atoms with Gasteiger partial charge in [0, 0.05) is 6.20 Å². The van der Waals surface area contributed by atoms with Crippen molar-refractivity contribution in [3.05, 3.63) is 66.4 Å². The fraction of sp³-hybridized carbons (Fsp3) is 0.0556. The van der Waals surface area contributed by atoms with Gasteiger partial charge in [-0.15, -0.1) is 0 Å². The number of aliphatic imine (C=N–C) groups is 1. The van der Waals surface area contributed by atoms with Crippen LogP contribution in [0.2, 0.25) is 0 Å². The number of rotatable bonds is 3. The third-order valence-corrected chi connectivity index (χ3v) is 3.44. The second-order valence-electron chi connectivity index (χ2n) is 5.00. The molecular formula is C18H16N4O2. The van der Waals surface area contributed by atoms with Gasteiger partial charge in [-0.2, -0.15) is 0 Å². The Kier molecular flexibility index (Phi) is 4.38. The fourth-order valence-corrected chi connectivity index (χ4v) is 2.39. The van der Waals surface area contributed by atoms with Gasteiger partial charge in [0.1, 0.15) is 5.75 Å². The molecule has 3 aromatic rings. The average molecular weight is 320 g/mol. The molecule has 0 bridgehead atoms. The molecule has 0 radical (unpaired) electrons. The number of hydrogen-bond donors (Lipinski definition) is 2. The standard InChI is InChI=1S/C18H16N4O2/c1-24-15-9-5-8-14-16(15)13(10-11-20-14)17(23)22-18(19)21-12-6-3-2-4-7-12/h2-11H,1H3,(H3,19,21,22,23). The average Bonchev–Trinajstić information content (AvgIpc) is 2.61. The number of carbonyl (C=O) groups excluding carboxylic acids is 1. The van der Waals surface area contributed by atoms with Crippen molar-refractivity contribution in [2.45, 2.75) is 0 Å². The highest BCUT2D eigenvalue weighted by Gasteiger charge is 2.15. The summed E-state index contributed by atoms with van der Waals surface area (Å²) in [4.78, 5) is 21.0. The van der Waals surface area contributed by atoms with Gasteiger partial charge < -0.3 is 10.5 Å². The molecular weight excluding hydrogens is 304 g/mol. The number of ether oxygens (including phenoxy) is 1. The topological polar surface area (TPSA) is 89.6 Å². The summed E-state index contributed by atoms with van der Waals surface area (Å²) in [6, 6.07) is 16.2. The van der Waals surface area contributed by atoms with Crippen molar-refractivity contribution in [2.75, 3.05) is 7.11 Å². The number of nitrogens with zero attached hydrogens (tertiary/aromatic N) is 2. The van der Waals surface area contributed by atoms with Gasteiger partial charge in [-0.3, -0.25) is 15.1 Å². The first kappa shape index (κ1) is 15.5. The van der Waals surface area contributed by atoms with Crippen LogP contribution < -0.4 is 15.8 Å². The lowest BCUT2D eigenvalue weighted by Gasteiger charge is -2.10. The summed E-state index contributed by atoms with van der Waals surface area (Å²) in [7, 11) is 1.55. The Morgan fingerprint density at radius 3 is 2.67 bits per heavy atom. The van der Waals surface area contributed by atoms with Gasteiger partial charge in [0.05, 0.1) is 29.3 Å². The Morgan fingerprint density at radius 2 is 1.92 bits per heavy atom. The highest BCUT2D eigenvalue weighted by atomic mass is 16.5. The molecule has 3 rings (SSSR count). The fourth-order valence-electron chi connectivity index (χ4n) is 2.39. The van der Waals surface area contributed by atoms with Gasteiger partial charge in [-0.1, -0.05) is 24.3 Å². The molecule has 3 N–H and O–H groups in total. The lowest BCUT2D eigenvalue weighted by molar-refractivity contribution is 0.0978. The maximum atomic E-state index is 12.6. The lowest BCUT2D eigenvalue weighted by Crippen LogP contribution is -2.36. The number of guanidine groups is 1. The molecule has 6 nitrogen and oxygen atoms in total. The second kappa shape index (κ2) is 6.78. The Bertz CT molecular complexity index is 902. The SMILES string of the molecule is COc1cccc2nccc(C(=O)NC(N)=Nc3ccccc3)c12. The number of aromatic nitrogens is 1. The highest BCUT2D eigenvalue weighted by molar-refractivity contribution is 6.13. The summed E-state index contributed by atoms with van der Waals surface area (Å²) < 4.78 is 5.34. The number of carbonyl (C=O) groups is 1. The first-order valence-corrected chi connectivity index (χ1v) is 7.31. The molecule has 1 aromatic heterocycles. The van der Waals surface area contributed by atoms with E-state index in [1.54, 1.807) is 37.6 Å². The van der Waals surface area contributed by atoms with Crippen molar-refractivity contribution in [1.29, 1.82) is 0 Å². The smallest absolute Gasteiger partial charge is 0.258 e. The van der Waals surface area contributed by atoms with E-state index in [9.17, 15) is 4.79 Å². The summed E-state index contributed by atoms with van der Waals surface area (Å²) in [5, 5.41) is 3.23. The molecule has 0 atom stereocenters. The van der Waals surface area contributed by atoms with Gasteiger partial charge in [0.2, 0.25) is 5.96 Å². The molecule has 120 valence electrons. The van der Waals surface area contributed by atoms with E-state index >= 15 is 0 Å². The van der Waals surface area contributed by atoms with Crippen molar-refractivity contribution in [1.82, 2.24) is 10.3 Å². The van der Waals surface area contributed by atoms with E-state index in [1.165, 1.54) is 0 Å². The van der Waals surface area contributed by atoms with Crippen LogP contribution in [0.15, 0.2) is 65.8 Å². The third-order valence-electron chi connectivity index (χ3n) is 3.44. The Balaban J connectivity index is 1.93. The summed E-state index contributed by atoms with van der Waals surface area (Å²) in [6.07, 6.45) is 1.57. The van der Waals surface area contributed by atoms with Gasteiger partial charge in [0.15, 0.2) is 0 Å². The van der Waals surface area contributed by atoms with Crippen LogP contribution in [0.25, 0.3) is 10.9 Å².